The highest BCUT2D eigenvalue weighted by Crippen LogP contribution is 2.19. The van der Waals surface area contributed by atoms with Crippen LogP contribution in [0.4, 0.5) is 8.78 Å². The second kappa shape index (κ2) is 3.06. The molecule has 0 heterocycles. The van der Waals surface area contributed by atoms with Crippen LogP contribution in [0.1, 0.15) is 10.4 Å². The highest BCUT2D eigenvalue weighted by atomic mass is 35.5. The van der Waals surface area contributed by atoms with Crippen LogP contribution in [0.2, 0.25) is 5.02 Å². The van der Waals surface area contributed by atoms with Gasteiger partial charge in [-0.15, -0.1) is 0 Å². The molecule has 0 saturated carbocycles. The number of carbonyl (C=O) groups is 1. The van der Waals surface area contributed by atoms with Gasteiger partial charge in [-0.2, -0.15) is 0 Å². The second-order valence-corrected chi connectivity index (χ2v) is 2.52. The Labute approximate surface area is 71.9 Å². The van der Waals surface area contributed by atoms with Gasteiger partial charge in [0.05, 0.1) is 10.6 Å². The summed E-state index contributed by atoms with van der Waals surface area (Å²) in [6.45, 7) is 0. The predicted molar refractivity (Wildman–Crippen MR) is 39.9 cm³/mol. The van der Waals surface area contributed by atoms with Gasteiger partial charge in [-0.05, 0) is 12.1 Å². The summed E-state index contributed by atoms with van der Waals surface area (Å²) >= 11 is 5.24. The van der Waals surface area contributed by atoms with Crippen molar-refractivity contribution in [1.29, 1.82) is 0 Å². The first-order chi connectivity index (χ1) is 5.52. The molecule has 64 valence electrons. The van der Waals surface area contributed by atoms with Crippen LogP contribution in [0.3, 0.4) is 0 Å². The molecule has 5 heteroatoms. The zero-order chi connectivity index (χ0) is 9.30. The standard InChI is InChI=1S/C7H4ClF2NO/c8-5-2-3(9)1-4(6(5)10)7(11)12/h1-2H,(H2,11,12). The molecule has 0 atom stereocenters. The van der Waals surface area contributed by atoms with E-state index < -0.39 is 28.1 Å². The molecule has 0 bridgehead atoms. The topological polar surface area (TPSA) is 43.1 Å². The van der Waals surface area contributed by atoms with E-state index >= 15 is 0 Å². The van der Waals surface area contributed by atoms with Crippen molar-refractivity contribution in [2.24, 2.45) is 5.73 Å². The molecule has 0 aromatic heterocycles. The smallest absolute Gasteiger partial charge is 0.251 e. The van der Waals surface area contributed by atoms with Gasteiger partial charge >= 0.3 is 0 Å². The van der Waals surface area contributed by atoms with Crippen LogP contribution in [-0.2, 0) is 0 Å². The normalized spacial score (nSPS) is 9.92. The molecule has 0 radical (unpaired) electrons. The molecule has 12 heavy (non-hydrogen) atoms. The van der Waals surface area contributed by atoms with E-state index in [1.54, 1.807) is 0 Å². The summed E-state index contributed by atoms with van der Waals surface area (Å²) in [7, 11) is 0. The van der Waals surface area contributed by atoms with Crippen molar-refractivity contribution >= 4 is 17.5 Å². The average molecular weight is 192 g/mol. The minimum atomic E-state index is -1.05. The first-order valence-electron chi connectivity index (χ1n) is 2.96. The summed E-state index contributed by atoms with van der Waals surface area (Å²) in [5, 5.41) is -0.455. The number of amides is 1. The fraction of sp³-hybridized carbons (Fsp3) is 0. The molecule has 0 saturated heterocycles. The number of halogens is 3. The van der Waals surface area contributed by atoms with Crippen molar-refractivity contribution < 1.29 is 13.6 Å². The molecule has 0 spiro atoms. The summed E-state index contributed by atoms with van der Waals surface area (Å²) < 4.78 is 25.3. The van der Waals surface area contributed by atoms with E-state index in [-0.39, 0.29) is 0 Å². The third kappa shape index (κ3) is 1.53. The number of nitrogens with two attached hydrogens (primary N) is 1. The van der Waals surface area contributed by atoms with Crippen LogP contribution in [0, 0.1) is 11.6 Å². The van der Waals surface area contributed by atoms with E-state index in [0.29, 0.717) is 6.07 Å². The Morgan fingerprint density at radius 2 is 2.00 bits per heavy atom. The van der Waals surface area contributed by atoms with Gasteiger partial charge in [0.15, 0.2) is 5.82 Å². The summed E-state index contributed by atoms with van der Waals surface area (Å²) in [6, 6.07) is 1.47. The van der Waals surface area contributed by atoms with Crippen molar-refractivity contribution in [1.82, 2.24) is 0 Å². The molecule has 1 aromatic rings. The van der Waals surface area contributed by atoms with Gasteiger partial charge in [0.1, 0.15) is 5.82 Å². The Bertz CT molecular complexity index is 340. The Kier molecular flexibility index (Phi) is 2.28. The van der Waals surface area contributed by atoms with Crippen LogP contribution < -0.4 is 5.73 Å². The summed E-state index contributed by atoms with van der Waals surface area (Å²) in [6.07, 6.45) is 0. The first kappa shape index (κ1) is 8.93. The number of hydrogen-bond donors (Lipinski definition) is 1. The number of carbonyl (C=O) groups excluding carboxylic acids is 1. The quantitative estimate of drug-likeness (QED) is 0.675. The van der Waals surface area contributed by atoms with Crippen molar-refractivity contribution in [2.75, 3.05) is 0 Å². The largest absolute Gasteiger partial charge is 0.366 e. The molecule has 0 unspecified atom stereocenters. The van der Waals surface area contributed by atoms with Gasteiger partial charge in [0, 0.05) is 0 Å². The molecular weight excluding hydrogens is 188 g/mol. The number of primary amides is 1. The predicted octanol–water partition coefficient (Wildman–Crippen LogP) is 1.72. The maximum absolute atomic E-state index is 12.8. The highest BCUT2D eigenvalue weighted by molar-refractivity contribution is 6.31. The second-order valence-electron chi connectivity index (χ2n) is 2.11. The fourth-order valence-electron chi connectivity index (χ4n) is 0.735. The maximum atomic E-state index is 12.8. The Hall–Kier alpha value is -1.16. The Morgan fingerprint density at radius 3 is 2.50 bits per heavy atom. The van der Waals surface area contributed by atoms with Crippen molar-refractivity contribution in [3.8, 4) is 0 Å². The molecule has 0 aliphatic heterocycles. The minimum absolute atomic E-state index is 0.455. The van der Waals surface area contributed by atoms with Gasteiger partial charge in [0.25, 0.3) is 5.91 Å². The van der Waals surface area contributed by atoms with Gasteiger partial charge < -0.3 is 5.73 Å². The fourth-order valence-corrected chi connectivity index (χ4v) is 0.941. The van der Waals surface area contributed by atoms with Crippen LogP contribution in [0.25, 0.3) is 0 Å². The van der Waals surface area contributed by atoms with Crippen LogP contribution in [-0.4, -0.2) is 5.91 Å². The van der Waals surface area contributed by atoms with E-state index in [9.17, 15) is 13.6 Å². The van der Waals surface area contributed by atoms with E-state index in [2.05, 4.69) is 0 Å². The van der Waals surface area contributed by atoms with E-state index in [4.69, 9.17) is 17.3 Å². The number of hydrogen-bond acceptors (Lipinski definition) is 1. The van der Waals surface area contributed by atoms with Gasteiger partial charge in [-0.25, -0.2) is 8.78 Å². The van der Waals surface area contributed by atoms with Crippen LogP contribution in [0.5, 0.6) is 0 Å². The molecule has 1 aromatic carbocycles. The average Bonchev–Trinajstić information content (AvgIpc) is 1.96. The minimum Gasteiger partial charge on any atom is -0.366 e. The molecule has 0 aliphatic rings. The third-order valence-corrected chi connectivity index (χ3v) is 1.53. The van der Waals surface area contributed by atoms with Gasteiger partial charge in [0.2, 0.25) is 0 Å². The lowest BCUT2D eigenvalue weighted by Crippen LogP contribution is -2.13. The van der Waals surface area contributed by atoms with E-state index in [1.807, 2.05) is 0 Å². The number of rotatable bonds is 1. The SMILES string of the molecule is NC(=O)c1cc(F)cc(Cl)c1F. The number of benzene rings is 1. The zero-order valence-corrected chi connectivity index (χ0v) is 6.53. The lowest BCUT2D eigenvalue weighted by Gasteiger charge is -1.99. The van der Waals surface area contributed by atoms with Crippen molar-refractivity contribution in [3.63, 3.8) is 0 Å². The summed E-state index contributed by atoms with van der Waals surface area (Å²) in [4.78, 5) is 10.5. The lowest BCUT2D eigenvalue weighted by molar-refractivity contribution is 0.0996. The van der Waals surface area contributed by atoms with Gasteiger partial charge in [-0.3, -0.25) is 4.79 Å². The van der Waals surface area contributed by atoms with E-state index in [0.717, 1.165) is 6.07 Å². The molecule has 0 aliphatic carbocycles. The van der Waals surface area contributed by atoms with Gasteiger partial charge in [-0.1, -0.05) is 11.6 Å². The third-order valence-electron chi connectivity index (χ3n) is 1.26. The van der Waals surface area contributed by atoms with Crippen molar-refractivity contribution in [3.05, 3.63) is 34.4 Å². The Morgan fingerprint density at radius 1 is 1.42 bits per heavy atom. The summed E-state index contributed by atoms with van der Waals surface area (Å²) in [5.41, 5.74) is 4.21. The van der Waals surface area contributed by atoms with Crippen LogP contribution in [0.15, 0.2) is 12.1 Å². The molecule has 1 rings (SSSR count). The van der Waals surface area contributed by atoms with Crippen molar-refractivity contribution in [2.45, 2.75) is 0 Å². The highest BCUT2D eigenvalue weighted by Gasteiger charge is 2.13. The molecule has 1 amide bonds. The molecule has 0 fully saturated rings. The van der Waals surface area contributed by atoms with Crippen LogP contribution >= 0.6 is 11.6 Å². The molecule has 2 N–H and O–H groups in total. The molecule has 2 nitrogen and oxygen atoms in total. The maximum Gasteiger partial charge on any atom is 0.251 e. The zero-order valence-electron chi connectivity index (χ0n) is 5.77. The summed E-state index contributed by atoms with van der Waals surface area (Å²) in [5.74, 6) is -2.84. The van der Waals surface area contributed by atoms with E-state index in [1.165, 1.54) is 0 Å². The lowest BCUT2D eigenvalue weighted by atomic mass is 10.2. The first-order valence-corrected chi connectivity index (χ1v) is 3.34. The Balaban J connectivity index is 3.37. The monoisotopic (exact) mass is 191 g/mol. The molecular formula is C7H4ClF2NO.